The molecule has 0 saturated heterocycles. The van der Waals surface area contributed by atoms with E-state index >= 15 is 0 Å². The molecule has 0 amide bonds. The van der Waals surface area contributed by atoms with Crippen LogP contribution in [-0.2, 0) is 6.54 Å². The third-order valence-electron chi connectivity index (χ3n) is 3.02. The van der Waals surface area contributed by atoms with Gasteiger partial charge in [-0.3, -0.25) is 0 Å². The van der Waals surface area contributed by atoms with Crippen LogP contribution in [0, 0.1) is 0 Å². The first-order valence-electron chi connectivity index (χ1n) is 6.30. The minimum atomic E-state index is 0.683. The number of hydrogen-bond acceptors (Lipinski definition) is 5. The maximum absolute atomic E-state index is 5.92. The topological polar surface area (TPSA) is 47.3 Å². The third-order valence-corrected chi connectivity index (χ3v) is 4.16. The molecule has 0 fully saturated rings. The van der Waals surface area contributed by atoms with Gasteiger partial charge in [-0.15, -0.1) is 11.3 Å². The van der Waals surface area contributed by atoms with E-state index in [9.17, 15) is 0 Å². The van der Waals surface area contributed by atoms with Crippen LogP contribution < -0.4 is 10.1 Å². The molecular formula is C15H13ClN2O2S. The van der Waals surface area contributed by atoms with Crippen molar-refractivity contribution < 1.29 is 9.15 Å². The largest absolute Gasteiger partial charge is 0.496 e. The lowest BCUT2D eigenvalue weighted by atomic mass is 10.1. The molecule has 21 heavy (non-hydrogen) atoms. The molecule has 2 heterocycles. The normalized spacial score (nSPS) is 10.6. The van der Waals surface area contributed by atoms with Crippen molar-refractivity contribution in [2.24, 2.45) is 0 Å². The number of hydrogen-bond donors (Lipinski definition) is 1. The van der Waals surface area contributed by atoms with Gasteiger partial charge in [0.2, 0.25) is 0 Å². The molecule has 1 aromatic carbocycles. The van der Waals surface area contributed by atoms with Crippen molar-refractivity contribution in [1.29, 1.82) is 0 Å². The Balaban J connectivity index is 1.78. The van der Waals surface area contributed by atoms with Gasteiger partial charge in [-0.25, -0.2) is 4.98 Å². The second kappa shape index (κ2) is 6.20. The summed E-state index contributed by atoms with van der Waals surface area (Å²) in [6.45, 7) is 0.716. The molecule has 3 aromatic rings. The van der Waals surface area contributed by atoms with E-state index in [2.05, 4.69) is 10.3 Å². The van der Waals surface area contributed by atoms with Gasteiger partial charge in [-0.1, -0.05) is 11.6 Å². The Morgan fingerprint density at radius 1 is 1.38 bits per heavy atom. The van der Waals surface area contributed by atoms with E-state index in [0.29, 0.717) is 12.3 Å². The van der Waals surface area contributed by atoms with E-state index in [1.807, 2.05) is 29.6 Å². The average Bonchev–Trinajstić information content (AvgIpc) is 3.16. The SMILES string of the molecule is COc1cc(NCc2csc(Cl)c2)ccc1-c1cnco1. The van der Waals surface area contributed by atoms with Gasteiger partial charge in [-0.2, -0.15) is 0 Å². The highest BCUT2D eigenvalue weighted by Crippen LogP contribution is 2.32. The van der Waals surface area contributed by atoms with Crippen LogP contribution in [0.25, 0.3) is 11.3 Å². The lowest BCUT2D eigenvalue weighted by Gasteiger charge is -2.10. The summed E-state index contributed by atoms with van der Waals surface area (Å²) >= 11 is 7.45. The first-order valence-corrected chi connectivity index (χ1v) is 7.55. The van der Waals surface area contributed by atoms with E-state index in [1.165, 1.54) is 17.7 Å². The van der Waals surface area contributed by atoms with Crippen LogP contribution in [0.4, 0.5) is 5.69 Å². The molecule has 1 N–H and O–H groups in total. The standard InChI is InChI=1S/C15H13ClN2O2S/c1-19-13-5-11(18-6-10-4-15(16)21-8-10)2-3-12(13)14-7-17-9-20-14/h2-5,7-9,18H,6H2,1H3. The number of benzene rings is 1. The Morgan fingerprint density at radius 2 is 2.29 bits per heavy atom. The van der Waals surface area contributed by atoms with Crippen molar-refractivity contribution in [1.82, 2.24) is 4.98 Å². The molecule has 3 rings (SSSR count). The smallest absolute Gasteiger partial charge is 0.181 e. The van der Waals surface area contributed by atoms with Crippen molar-refractivity contribution >= 4 is 28.6 Å². The summed E-state index contributed by atoms with van der Waals surface area (Å²) in [5.74, 6) is 1.42. The number of oxazole rings is 1. The van der Waals surface area contributed by atoms with Crippen LogP contribution in [0.15, 0.2) is 46.7 Å². The zero-order valence-electron chi connectivity index (χ0n) is 11.3. The fourth-order valence-electron chi connectivity index (χ4n) is 2.00. The third kappa shape index (κ3) is 3.20. The number of thiophene rings is 1. The van der Waals surface area contributed by atoms with E-state index < -0.39 is 0 Å². The molecule has 0 atom stereocenters. The summed E-state index contributed by atoms with van der Waals surface area (Å²) in [5.41, 5.74) is 3.00. The zero-order valence-corrected chi connectivity index (χ0v) is 12.9. The van der Waals surface area contributed by atoms with Crippen molar-refractivity contribution in [3.63, 3.8) is 0 Å². The number of rotatable bonds is 5. The second-order valence-corrected chi connectivity index (χ2v) is 5.94. The Morgan fingerprint density at radius 3 is 2.95 bits per heavy atom. The van der Waals surface area contributed by atoms with Crippen LogP contribution >= 0.6 is 22.9 Å². The van der Waals surface area contributed by atoms with Gasteiger partial charge >= 0.3 is 0 Å². The molecular weight excluding hydrogens is 308 g/mol. The summed E-state index contributed by atoms with van der Waals surface area (Å²) in [4.78, 5) is 3.93. The number of aromatic nitrogens is 1. The summed E-state index contributed by atoms with van der Waals surface area (Å²) in [6.07, 6.45) is 3.07. The van der Waals surface area contributed by atoms with Gasteiger partial charge in [-0.05, 0) is 29.1 Å². The molecule has 0 radical (unpaired) electrons. The first kappa shape index (κ1) is 14.0. The molecule has 108 valence electrons. The Kier molecular flexibility index (Phi) is 4.13. The molecule has 0 spiro atoms. The highest BCUT2D eigenvalue weighted by atomic mass is 35.5. The highest BCUT2D eigenvalue weighted by molar-refractivity contribution is 7.14. The molecule has 2 aromatic heterocycles. The molecule has 0 saturated carbocycles. The maximum atomic E-state index is 5.92. The lowest BCUT2D eigenvalue weighted by molar-refractivity contribution is 0.415. The van der Waals surface area contributed by atoms with E-state index in [1.54, 1.807) is 13.3 Å². The van der Waals surface area contributed by atoms with Crippen molar-refractivity contribution in [2.45, 2.75) is 6.54 Å². The maximum Gasteiger partial charge on any atom is 0.181 e. The minimum absolute atomic E-state index is 0.683. The number of methoxy groups -OCH3 is 1. The molecule has 6 heteroatoms. The van der Waals surface area contributed by atoms with Gasteiger partial charge < -0.3 is 14.5 Å². The van der Waals surface area contributed by atoms with Crippen molar-refractivity contribution in [3.8, 4) is 17.1 Å². The molecule has 0 unspecified atom stereocenters. The van der Waals surface area contributed by atoms with Gasteiger partial charge in [0.25, 0.3) is 0 Å². The molecule has 4 nitrogen and oxygen atoms in total. The fraction of sp³-hybridized carbons (Fsp3) is 0.133. The average molecular weight is 321 g/mol. The second-order valence-electron chi connectivity index (χ2n) is 4.39. The Hall–Kier alpha value is -1.98. The van der Waals surface area contributed by atoms with Crippen LogP contribution in [0.2, 0.25) is 4.34 Å². The van der Waals surface area contributed by atoms with Crippen LogP contribution in [0.3, 0.4) is 0 Å². The molecule has 0 aliphatic rings. The van der Waals surface area contributed by atoms with Gasteiger partial charge in [0, 0.05) is 18.3 Å². The van der Waals surface area contributed by atoms with Crippen molar-refractivity contribution in [2.75, 3.05) is 12.4 Å². The number of ether oxygens (including phenoxy) is 1. The van der Waals surface area contributed by atoms with Crippen LogP contribution in [0.5, 0.6) is 5.75 Å². The Labute approximate surface area is 131 Å². The number of anilines is 1. The van der Waals surface area contributed by atoms with E-state index in [-0.39, 0.29) is 0 Å². The lowest BCUT2D eigenvalue weighted by Crippen LogP contribution is -1.98. The molecule has 0 bridgehead atoms. The summed E-state index contributed by atoms with van der Waals surface area (Å²) in [5, 5.41) is 5.38. The summed E-state index contributed by atoms with van der Waals surface area (Å²) in [7, 11) is 1.64. The fourth-order valence-corrected chi connectivity index (χ4v) is 2.90. The molecule has 0 aliphatic carbocycles. The summed E-state index contributed by atoms with van der Waals surface area (Å²) < 4.78 is 11.5. The minimum Gasteiger partial charge on any atom is -0.496 e. The predicted molar refractivity (Wildman–Crippen MR) is 85.1 cm³/mol. The van der Waals surface area contributed by atoms with Gasteiger partial charge in [0.15, 0.2) is 12.2 Å². The molecule has 0 aliphatic heterocycles. The number of nitrogens with zero attached hydrogens (tertiary/aromatic N) is 1. The van der Waals surface area contributed by atoms with Crippen LogP contribution in [-0.4, -0.2) is 12.1 Å². The van der Waals surface area contributed by atoms with E-state index in [4.69, 9.17) is 20.8 Å². The van der Waals surface area contributed by atoms with Gasteiger partial charge in [0.05, 0.1) is 23.2 Å². The number of nitrogens with one attached hydrogen (secondary N) is 1. The quantitative estimate of drug-likeness (QED) is 0.741. The summed E-state index contributed by atoms with van der Waals surface area (Å²) in [6, 6.07) is 7.82. The zero-order chi connectivity index (χ0) is 14.7. The van der Waals surface area contributed by atoms with Gasteiger partial charge in [0.1, 0.15) is 5.75 Å². The number of halogens is 1. The van der Waals surface area contributed by atoms with Crippen molar-refractivity contribution in [3.05, 3.63) is 52.1 Å². The first-order chi connectivity index (χ1) is 10.3. The Bertz CT molecular complexity index is 725. The van der Waals surface area contributed by atoms with E-state index in [0.717, 1.165) is 26.9 Å². The monoisotopic (exact) mass is 320 g/mol. The van der Waals surface area contributed by atoms with Crippen LogP contribution in [0.1, 0.15) is 5.56 Å². The highest BCUT2D eigenvalue weighted by Gasteiger charge is 2.10. The predicted octanol–water partition coefficient (Wildman–Crippen LogP) is 4.68.